The van der Waals surface area contributed by atoms with Gasteiger partial charge in [0.2, 0.25) is 0 Å². The Labute approximate surface area is 293 Å². The van der Waals surface area contributed by atoms with Crippen molar-refractivity contribution in [2.45, 2.75) is 57.8 Å². The summed E-state index contributed by atoms with van der Waals surface area (Å²) in [6.07, 6.45) is -0.110. The molecule has 254 valence electrons. The van der Waals surface area contributed by atoms with Crippen LogP contribution >= 0.6 is 0 Å². The molecule has 2 amide bonds. The third kappa shape index (κ3) is 7.61. The second-order valence-electron chi connectivity index (χ2n) is 13.3. The number of ether oxygens (including phenoxy) is 1. The predicted molar refractivity (Wildman–Crippen MR) is 196 cm³/mol. The Morgan fingerprint density at radius 2 is 1.24 bits per heavy atom. The standard InChI is InChI=1S/C42H42N4O4/c1-30-24-26-34(27-25-30)46-37-23-15-14-22-35(37)43-38(46)29-28-36(44-40(48)49-41(2,3)4)39(47)45-50-42(31-16-8-5-9-17-31,32-18-10-6-11-19-32)33-20-12-7-13-21-33/h5-27,36H,28-29H2,1-4H3,(H,44,48)(H,45,47)/t36-/m1/s1. The van der Waals surface area contributed by atoms with E-state index in [0.717, 1.165) is 44.8 Å². The van der Waals surface area contributed by atoms with Gasteiger partial charge in [-0.25, -0.2) is 15.3 Å². The Hall–Kier alpha value is -5.73. The van der Waals surface area contributed by atoms with Crippen LogP contribution in [0.4, 0.5) is 4.79 Å². The summed E-state index contributed by atoms with van der Waals surface area (Å²) in [6.45, 7) is 7.39. The molecule has 6 rings (SSSR count). The third-order valence-corrected chi connectivity index (χ3v) is 8.43. The van der Waals surface area contributed by atoms with Gasteiger partial charge in [0, 0.05) is 12.1 Å². The number of aromatic nitrogens is 2. The zero-order valence-corrected chi connectivity index (χ0v) is 28.8. The van der Waals surface area contributed by atoms with Crippen LogP contribution in [0.5, 0.6) is 0 Å². The highest BCUT2D eigenvalue weighted by Crippen LogP contribution is 2.39. The minimum absolute atomic E-state index is 0.221. The normalized spacial score (nSPS) is 12.3. The van der Waals surface area contributed by atoms with Crippen LogP contribution in [0.2, 0.25) is 0 Å². The van der Waals surface area contributed by atoms with E-state index in [-0.39, 0.29) is 6.42 Å². The van der Waals surface area contributed by atoms with Crippen LogP contribution in [-0.4, -0.2) is 33.2 Å². The van der Waals surface area contributed by atoms with E-state index in [1.807, 2.05) is 122 Å². The van der Waals surface area contributed by atoms with Crippen LogP contribution in [0.25, 0.3) is 16.7 Å². The largest absolute Gasteiger partial charge is 0.444 e. The Kier molecular flexibility index (Phi) is 10.1. The van der Waals surface area contributed by atoms with E-state index in [2.05, 4.69) is 39.6 Å². The van der Waals surface area contributed by atoms with Gasteiger partial charge in [-0.3, -0.25) is 14.2 Å². The highest BCUT2D eigenvalue weighted by molar-refractivity contribution is 5.85. The van der Waals surface area contributed by atoms with Gasteiger partial charge in [-0.2, -0.15) is 0 Å². The summed E-state index contributed by atoms with van der Waals surface area (Å²) in [5.41, 5.74) is 7.17. The Morgan fingerprint density at radius 1 is 0.720 bits per heavy atom. The molecule has 1 aromatic heterocycles. The number of hydrogen-bond donors (Lipinski definition) is 2. The van der Waals surface area contributed by atoms with Gasteiger partial charge in [-0.15, -0.1) is 0 Å². The molecule has 0 radical (unpaired) electrons. The number of carbonyl (C=O) groups is 2. The monoisotopic (exact) mass is 666 g/mol. The fraction of sp³-hybridized carbons (Fsp3) is 0.214. The number of para-hydroxylation sites is 2. The lowest BCUT2D eigenvalue weighted by Crippen LogP contribution is -2.50. The molecule has 0 spiro atoms. The first-order chi connectivity index (χ1) is 24.1. The summed E-state index contributed by atoms with van der Waals surface area (Å²) < 4.78 is 7.68. The molecule has 0 aliphatic heterocycles. The topological polar surface area (TPSA) is 94.5 Å². The molecule has 0 fully saturated rings. The Morgan fingerprint density at radius 3 is 1.78 bits per heavy atom. The van der Waals surface area contributed by atoms with E-state index < -0.39 is 29.2 Å². The van der Waals surface area contributed by atoms with Gasteiger partial charge in [0.1, 0.15) is 17.5 Å². The molecule has 8 nitrogen and oxygen atoms in total. The zero-order chi connectivity index (χ0) is 35.1. The summed E-state index contributed by atoms with van der Waals surface area (Å²) in [4.78, 5) is 38.9. The van der Waals surface area contributed by atoms with E-state index in [1.165, 1.54) is 0 Å². The minimum Gasteiger partial charge on any atom is -0.444 e. The first kappa shape index (κ1) is 34.1. The number of nitrogens with zero attached hydrogens (tertiary/aromatic N) is 2. The number of imidazole rings is 1. The first-order valence-electron chi connectivity index (χ1n) is 16.8. The van der Waals surface area contributed by atoms with E-state index in [9.17, 15) is 9.59 Å². The summed E-state index contributed by atoms with van der Waals surface area (Å²) in [6, 6.07) is 44.4. The number of amides is 2. The summed E-state index contributed by atoms with van der Waals surface area (Å²) in [7, 11) is 0. The van der Waals surface area contributed by atoms with Gasteiger partial charge < -0.3 is 10.1 Å². The lowest BCUT2D eigenvalue weighted by Gasteiger charge is -2.35. The summed E-state index contributed by atoms with van der Waals surface area (Å²) in [5.74, 6) is 0.230. The number of carbonyl (C=O) groups excluding carboxylic acids is 2. The Bertz CT molecular complexity index is 1940. The van der Waals surface area contributed by atoms with Crippen molar-refractivity contribution in [1.29, 1.82) is 0 Å². The first-order valence-corrected chi connectivity index (χ1v) is 16.8. The van der Waals surface area contributed by atoms with Gasteiger partial charge in [-0.05, 0) is 75.1 Å². The van der Waals surface area contributed by atoms with Gasteiger partial charge in [-0.1, -0.05) is 121 Å². The molecule has 6 aromatic rings. The number of aryl methyl sites for hydroxylation is 2. The number of alkyl carbamates (subject to hydrolysis) is 1. The van der Waals surface area contributed by atoms with E-state index >= 15 is 0 Å². The zero-order valence-electron chi connectivity index (χ0n) is 28.8. The second kappa shape index (κ2) is 14.8. The third-order valence-electron chi connectivity index (χ3n) is 8.43. The number of nitrogens with one attached hydrogen (secondary N) is 2. The van der Waals surface area contributed by atoms with Crippen molar-refractivity contribution < 1.29 is 19.2 Å². The molecule has 0 unspecified atom stereocenters. The van der Waals surface area contributed by atoms with E-state index in [1.54, 1.807) is 20.8 Å². The molecule has 0 saturated carbocycles. The number of benzene rings is 5. The van der Waals surface area contributed by atoms with Crippen molar-refractivity contribution in [3.05, 3.63) is 168 Å². The van der Waals surface area contributed by atoms with Crippen molar-refractivity contribution in [3.8, 4) is 5.69 Å². The van der Waals surface area contributed by atoms with E-state index in [0.29, 0.717) is 6.42 Å². The molecule has 8 heteroatoms. The highest BCUT2D eigenvalue weighted by atomic mass is 16.7. The van der Waals surface area contributed by atoms with Crippen LogP contribution in [-0.2, 0) is 26.4 Å². The van der Waals surface area contributed by atoms with E-state index in [4.69, 9.17) is 14.6 Å². The lowest BCUT2D eigenvalue weighted by atomic mass is 9.80. The highest BCUT2D eigenvalue weighted by Gasteiger charge is 2.40. The fourth-order valence-electron chi connectivity index (χ4n) is 6.11. The van der Waals surface area contributed by atoms with Crippen LogP contribution in [0, 0.1) is 6.92 Å². The molecule has 0 saturated heterocycles. The number of rotatable bonds is 11. The minimum atomic E-state index is -1.20. The van der Waals surface area contributed by atoms with Crippen LogP contribution in [0.3, 0.4) is 0 Å². The molecule has 0 bridgehead atoms. The number of hydrogen-bond acceptors (Lipinski definition) is 5. The molecule has 0 aliphatic carbocycles. The maximum atomic E-state index is 14.2. The average molecular weight is 667 g/mol. The molecule has 1 atom stereocenters. The molecular weight excluding hydrogens is 624 g/mol. The quantitative estimate of drug-likeness (QED) is 0.107. The smallest absolute Gasteiger partial charge is 0.408 e. The lowest BCUT2D eigenvalue weighted by molar-refractivity contribution is -0.145. The van der Waals surface area contributed by atoms with Crippen molar-refractivity contribution in [1.82, 2.24) is 20.3 Å². The predicted octanol–water partition coefficient (Wildman–Crippen LogP) is 8.20. The van der Waals surface area contributed by atoms with Gasteiger partial charge in [0.25, 0.3) is 5.91 Å². The van der Waals surface area contributed by atoms with Crippen molar-refractivity contribution in [3.63, 3.8) is 0 Å². The van der Waals surface area contributed by atoms with Gasteiger partial charge in [0.15, 0.2) is 5.60 Å². The molecule has 5 aromatic carbocycles. The SMILES string of the molecule is Cc1ccc(-n2c(CC[C@@H](NC(=O)OC(C)(C)C)C(=O)NOC(c3ccccc3)(c3ccccc3)c3ccccc3)nc3ccccc32)cc1. The second-order valence-corrected chi connectivity index (χ2v) is 13.3. The van der Waals surface area contributed by atoms with Crippen molar-refractivity contribution in [2.24, 2.45) is 0 Å². The van der Waals surface area contributed by atoms with Crippen LogP contribution in [0.15, 0.2) is 140 Å². The van der Waals surface area contributed by atoms with Gasteiger partial charge in [0.05, 0.1) is 11.0 Å². The number of fused-ring (bicyclic) bond motifs is 1. The average Bonchev–Trinajstić information content (AvgIpc) is 3.49. The van der Waals surface area contributed by atoms with Crippen LogP contribution < -0.4 is 10.8 Å². The molecular formula is C42H42N4O4. The fourth-order valence-corrected chi connectivity index (χ4v) is 6.11. The maximum Gasteiger partial charge on any atom is 0.408 e. The van der Waals surface area contributed by atoms with Crippen molar-refractivity contribution >= 4 is 23.0 Å². The molecule has 2 N–H and O–H groups in total. The summed E-state index contributed by atoms with van der Waals surface area (Å²) >= 11 is 0. The number of hydroxylamine groups is 1. The molecule has 1 heterocycles. The van der Waals surface area contributed by atoms with Crippen molar-refractivity contribution in [2.75, 3.05) is 0 Å². The van der Waals surface area contributed by atoms with Gasteiger partial charge >= 0.3 is 6.09 Å². The molecule has 50 heavy (non-hydrogen) atoms. The molecule has 0 aliphatic rings. The summed E-state index contributed by atoms with van der Waals surface area (Å²) in [5, 5.41) is 2.81. The Balaban J connectivity index is 1.34. The van der Waals surface area contributed by atoms with Crippen LogP contribution in [0.1, 0.15) is 55.3 Å². The maximum absolute atomic E-state index is 14.2.